The van der Waals surface area contributed by atoms with E-state index < -0.39 is 19.5 Å². The van der Waals surface area contributed by atoms with Crippen molar-refractivity contribution in [2.45, 2.75) is 89.3 Å². The maximum absolute atomic E-state index is 6.20. The van der Waals surface area contributed by atoms with Gasteiger partial charge < -0.3 is 0 Å². The Hall–Kier alpha value is -1.50. The molecule has 1 fully saturated rings. The molecule has 2 aromatic rings. The summed E-state index contributed by atoms with van der Waals surface area (Å²) in [6, 6.07) is 24.0. The maximum atomic E-state index is 6.20. The van der Waals surface area contributed by atoms with Crippen LogP contribution >= 0.6 is 0 Å². The number of hydrogen-bond donors (Lipinski definition) is 0. The fourth-order valence-corrected chi connectivity index (χ4v) is 6.67. The Morgan fingerprint density at radius 2 is 1.48 bits per heavy atom. The van der Waals surface area contributed by atoms with Crippen molar-refractivity contribution in [3.05, 3.63) is 71.8 Å². The zero-order chi connectivity index (χ0) is 22.5. The largest absolute Gasteiger partial charge is 0.286 e. The molecule has 0 aromatic heterocycles. The number of rotatable bonds is 9. The monoisotopic (exact) mass is 442 g/mol. The molecule has 1 saturated heterocycles. The van der Waals surface area contributed by atoms with Crippen LogP contribution in [0.4, 0.5) is 0 Å². The molecule has 0 bridgehead atoms. The van der Waals surface area contributed by atoms with Gasteiger partial charge in [-0.05, 0) is 56.5 Å². The normalized spacial score (nSPS) is 24.8. The van der Waals surface area contributed by atoms with E-state index in [1.54, 1.807) is 0 Å². The molecule has 2 aromatic carbocycles. The number of benzene rings is 2. The fraction of sp³-hybridized carbons (Fsp3) is 0.538. The molecule has 4 nitrogen and oxygen atoms in total. The van der Waals surface area contributed by atoms with E-state index in [-0.39, 0.29) is 12.0 Å². The topological polar surface area (TPSA) is 36.9 Å². The van der Waals surface area contributed by atoms with Gasteiger partial charge in [-0.1, -0.05) is 81.4 Å². The third kappa shape index (κ3) is 5.12. The lowest BCUT2D eigenvalue weighted by atomic mass is 9.73. The average molecular weight is 443 g/mol. The summed E-state index contributed by atoms with van der Waals surface area (Å²) >= 11 is 0. The first-order chi connectivity index (χ1) is 14.8. The highest BCUT2D eigenvalue weighted by Crippen LogP contribution is 2.48. The quantitative estimate of drug-likeness (QED) is 0.235. The molecule has 1 heterocycles. The van der Waals surface area contributed by atoms with Crippen molar-refractivity contribution in [1.82, 2.24) is 0 Å². The molecule has 3 atom stereocenters. The standard InChI is InChI=1S/C26H38O4Si/c1-7-31(8-2,9-3)30-28-25(4,5)24-20-23(21-16-12-10-13-17-21)26(6,29-27-24)22-18-14-11-15-19-22/h10-19,23-24H,7-9,20H2,1-6H3/t23?,24?,26-/m0/s1. The predicted octanol–water partition coefficient (Wildman–Crippen LogP) is 7.14. The van der Waals surface area contributed by atoms with E-state index in [4.69, 9.17) is 19.2 Å². The van der Waals surface area contributed by atoms with Crippen LogP contribution in [-0.2, 0) is 24.8 Å². The third-order valence-corrected chi connectivity index (χ3v) is 11.4. The Labute approximate surface area is 188 Å². The van der Waals surface area contributed by atoms with Crippen LogP contribution in [0.1, 0.15) is 65.0 Å². The Bertz CT molecular complexity index is 798. The summed E-state index contributed by atoms with van der Waals surface area (Å²) in [6.45, 7) is 12.8. The Morgan fingerprint density at radius 1 is 0.935 bits per heavy atom. The van der Waals surface area contributed by atoms with Gasteiger partial charge in [-0.2, -0.15) is 0 Å². The molecular formula is C26H38O4Si. The van der Waals surface area contributed by atoms with Gasteiger partial charge >= 0.3 is 0 Å². The van der Waals surface area contributed by atoms with Crippen LogP contribution in [-0.4, -0.2) is 20.0 Å². The van der Waals surface area contributed by atoms with Gasteiger partial charge in [0.1, 0.15) is 17.3 Å². The van der Waals surface area contributed by atoms with E-state index in [1.165, 1.54) is 5.56 Å². The zero-order valence-corrected chi connectivity index (χ0v) is 20.9. The zero-order valence-electron chi connectivity index (χ0n) is 19.9. The molecular weight excluding hydrogens is 404 g/mol. The first-order valence-corrected chi connectivity index (χ1v) is 14.1. The molecule has 0 N–H and O–H groups in total. The van der Waals surface area contributed by atoms with Crippen molar-refractivity contribution in [1.29, 1.82) is 0 Å². The molecule has 0 radical (unpaired) electrons. The maximum Gasteiger partial charge on any atom is 0.238 e. The van der Waals surface area contributed by atoms with Gasteiger partial charge in [-0.15, -0.1) is 0 Å². The molecule has 0 amide bonds. The SMILES string of the molecule is CC[Si](CC)(CC)OOC(C)(C)C1CC(c2ccccc2)[C@](C)(c2ccccc2)OO1. The third-order valence-electron chi connectivity index (χ3n) is 7.14. The molecule has 0 saturated carbocycles. The van der Waals surface area contributed by atoms with Crippen molar-refractivity contribution in [2.75, 3.05) is 0 Å². The van der Waals surface area contributed by atoms with Crippen molar-refractivity contribution in [3.63, 3.8) is 0 Å². The summed E-state index contributed by atoms with van der Waals surface area (Å²) in [5.41, 5.74) is 1.11. The first kappa shape index (κ1) is 24.1. The molecule has 170 valence electrons. The second-order valence-corrected chi connectivity index (χ2v) is 14.0. The van der Waals surface area contributed by atoms with Crippen LogP contribution in [0.25, 0.3) is 0 Å². The van der Waals surface area contributed by atoms with Crippen LogP contribution in [0.5, 0.6) is 0 Å². The van der Waals surface area contributed by atoms with Gasteiger partial charge in [0.15, 0.2) is 0 Å². The van der Waals surface area contributed by atoms with E-state index in [9.17, 15) is 0 Å². The summed E-state index contributed by atoms with van der Waals surface area (Å²) in [5, 5.41) is 0. The van der Waals surface area contributed by atoms with Crippen molar-refractivity contribution in [2.24, 2.45) is 0 Å². The van der Waals surface area contributed by atoms with Gasteiger partial charge in [0, 0.05) is 5.92 Å². The molecule has 0 aliphatic carbocycles. The summed E-state index contributed by atoms with van der Waals surface area (Å²) in [6.07, 6.45) is 0.511. The molecule has 2 unspecified atom stereocenters. The van der Waals surface area contributed by atoms with Crippen LogP contribution in [0.3, 0.4) is 0 Å². The van der Waals surface area contributed by atoms with E-state index in [1.807, 2.05) is 38.1 Å². The number of hydrogen-bond acceptors (Lipinski definition) is 4. The van der Waals surface area contributed by atoms with Gasteiger partial charge in [0.2, 0.25) is 8.32 Å². The molecule has 3 rings (SSSR count). The summed E-state index contributed by atoms with van der Waals surface area (Å²) in [5.74, 6) is 0.114. The molecule has 31 heavy (non-hydrogen) atoms. The minimum Gasteiger partial charge on any atom is -0.286 e. The molecule has 1 aliphatic heterocycles. The second-order valence-electron chi connectivity index (χ2n) is 9.35. The van der Waals surface area contributed by atoms with E-state index in [0.717, 1.165) is 30.1 Å². The van der Waals surface area contributed by atoms with Gasteiger partial charge in [0.05, 0.1) is 0 Å². The summed E-state index contributed by atoms with van der Waals surface area (Å²) in [4.78, 5) is 18.4. The fourth-order valence-electron chi connectivity index (χ4n) is 4.43. The van der Waals surface area contributed by atoms with Crippen molar-refractivity contribution < 1.29 is 19.2 Å². The van der Waals surface area contributed by atoms with Gasteiger partial charge in [-0.25, -0.2) is 14.7 Å². The average Bonchev–Trinajstić information content (AvgIpc) is 2.81. The van der Waals surface area contributed by atoms with E-state index in [2.05, 4.69) is 64.1 Å². The summed E-state index contributed by atoms with van der Waals surface area (Å²) < 4.78 is 6.18. The van der Waals surface area contributed by atoms with E-state index >= 15 is 0 Å². The molecule has 0 spiro atoms. The van der Waals surface area contributed by atoms with E-state index in [0.29, 0.717) is 0 Å². The lowest BCUT2D eigenvalue weighted by molar-refractivity contribution is -0.452. The Balaban J connectivity index is 1.85. The Kier molecular flexibility index (Phi) is 7.76. The van der Waals surface area contributed by atoms with Crippen LogP contribution in [0.15, 0.2) is 60.7 Å². The van der Waals surface area contributed by atoms with Crippen molar-refractivity contribution in [3.8, 4) is 0 Å². The van der Waals surface area contributed by atoms with Crippen molar-refractivity contribution >= 4 is 8.32 Å². The Morgan fingerprint density at radius 3 is 2.03 bits per heavy atom. The second kappa shape index (κ2) is 9.97. The summed E-state index contributed by atoms with van der Waals surface area (Å²) in [7, 11) is -1.87. The lowest BCUT2D eigenvalue weighted by Crippen LogP contribution is -2.52. The highest BCUT2D eigenvalue weighted by Gasteiger charge is 2.50. The lowest BCUT2D eigenvalue weighted by Gasteiger charge is -2.47. The smallest absolute Gasteiger partial charge is 0.238 e. The van der Waals surface area contributed by atoms with Crippen LogP contribution in [0, 0.1) is 0 Å². The minimum absolute atomic E-state index is 0.114. The molecule has 5 heteroatoms. The first-order valence-electron chi connectivity index (χ1n) is 11.6. The minimum atomic E-state index is -1.87. The predicted molar refractivity (Wildman–Crippen MR) is 127 cm³/mol. The van der Waals surface area contributed by atoms with Gasteiger partial charge in [0.25, 0.3) is 0 Å². The van der Waals surface area contributed by atoms with Crippen LogP contribution < -0.4 is 0 Å². The van der Waals surface area contributed by atoms with Crippen LogP contribution in [0.2, 0.25) is 18.1 Å². The molecule has 1 aliphatic rings. The highest BCUT2D eigenvalue weighted by molar-refractivity contribution is 6.73. The van der Waals surface area contributed by atoms with Gasteiger partial charge in [-0.3, -0.25) is 4.58 Å². The highest BCUT2D eigenvalue weighted by atomic mass is 28.4.